The molecule has 1 N–H and O–H groups in total. The van der Waals surface area contributed by atoms with Crippen LogP contribution in [0.1, 0.15) is 29.9 Å². The molecule has 1 fully saturated rings. The van der Waals surface area contributed by atoms with Crippen LogP contribution in [0.4, 0.5) is 21.9 Å². The number of carbonyl (C=O) groups excluding carboxylic acids is 1. The SMILES string of the molecule is O=C(OCc1ccccc1)N1CCC(c2ccc(Nc3c([N+](=O)[O-])cnc4ccc(Br)cc34)cc2)CC1. The van der Waals surface area contributed by atoms with Crippen LogP contribution in [0.25, 0.3) is 10.9 Å². The van der Waals surface area contributed by atoms with E-state index in [1.165, 1.54) is 11.8 Å². The van der Waals surface area contributed by atoms with Crippen molar-refractivity contribution in [3.8, 4) is 0 Å². The third-order valence-corrected chi connectivity index (χ3v) is 7.11. The number of amides is 1. The first-order valence-electron chi connectivity index (χ1n) is 12.0. The van der Waals surface area contributed by atoms with E-state index in [2.05, 4.69) is 26.2 Å². The minimum atomic E-state index is -0.428. The van der Waals surface area contributed by atoms with Crippen LogP contribution in [0.5, 0.6) is 0 Å². The van der Waals surface area contributed by atoms with Gasteiger partial charge in [-0.2, -0.15) is 0 Å². The number of pyridine rings is 1. The quantitative estimate of drug-likeness (QED) is 0.198. The second-order valence-electron chi connectivity index (χ2n) is 8.99. The Morgan fingerprint density at radius 2 is 1.81 bits per heavy atom. The van der Waals surface area contributed by atoms with Crippen LogP contribution >= 0.6 is 15.9 Å². The molecule has 8 nitrogen and oxygen atoms in total. The van der Waals surface area contributed by atoms with Gasteiger partial charge in [0.05, 0.1) is 10.4 Å². The van der Waals surface area contributed by atoms with Crippen molar-refractivity contribution in [3.05, 3.63) is 105 Å². The first-order valence-corrected chi connectivity index (χ1v) is 12.8. The number of halogens is 1. The summed E-state index contributed by atoms with van der Waals surface area (Å²) in [6.07, 6.45) is 2.70. The average Bonchev–Trinajstić information content (AvgIpc) is 2.93. The van der Waals surface area contributed by atoms with Crippen LogP contribution in [0.3, 0.4) is 0 Å². The van der Waals surface area contributed by atoms with Gasteiger partial charge in [0, 0.05) is 28.6 Å². The van der Waals surface area contributed by atoms with Gasteiger partial charge in [-0.3, -0.25) is 10.1 Å². The molecule has 2 heterocycles. The number of benzene rings is 3. The number of likely N-dealkylation sites (tertiary alicyclic amines) is 1. The van der Waals surface area contributed by atoms with Crippen LogP contribution in [0.15, 0.2) is 83.5 Å². The second kappa shape index (κ2) is 11.0. The largest absolute Gasteiger partial charge is 0.445 e. The zero-order valence-electron chi connectivity index (χ0n) is 20.0. The van der Waals surface area contributed by atoms with Crippen LogP contribution in [0, 0.1) is 10.1 Å². The van der Waals surface area contributed by atoms with Gasteiger partial charge in [-0.05, 0) is 60.2 Å². The Morgan fingerprint density at radius 3 is 2.51 bits per heavy atom. The number of carbonyl (C=O) groups is 1. The second-order valence-corrected chi connectivity index (χ2v) is 9.90. The molecule has 9 heteroatoms. The summed E-state index contributed by atoms with van der Waals surface area (Å²) in [4.78, 5) is 29.7. The maximum absolute atomic E-state index is 12.5. The van der Waals surface area contributed by atoms with Crippen molar-refractivity contribution in [3.63, 3.8) is 0 Å². The van der Waals surface area contributed by atoms with E-state index in [-0.39, 0.29) is 18.4 Å². The Bertz CT molecular complexity index is 1420. The lowest BCUT2D eigenvalue weighted by molar-refractivity contribution is -0.384. The number of rotatable bonds is 6. The van der Waals surface area contributed by atoms with Gasteiger partial charge in [-0.25, -0.2) is 9.78 Å². The smallest absolute Gasteiger partial charge is 0.410 e. The number of ether oxygens (including phenoxy) is 1. The molecule has 0 atom stereocenters. The zero-order chi connectivity index (χ0) is 25.8. The van der Waals surface area contributed by atoms with E-state index in [1.807, 2.05) is 72.8 Å². The molecule has 0 aliphatic carbocycles. The highest BCUT2D eigenvalue weighted by atomic mass is 79.9. The number of piperidine rings is 1. The highest BCUT2D eigenvalue weighted by Crippen LogP contribution is 2.36. The molecule has 37 heavy (non-hydrogen) atoms. The Labute approximate surface area is 222 Å². The molecule has 1 aliphatic rings. The first-order chi connectivity index (χ1) is 18.0. The molecule has 0 unspecified atom stereocenters. The molecule has 0 saturated carbocycles. The highest BCUT2D eigenvalue weighted by molar-refractivity contribution is 9.10. The third-order valence-electron chi connectivity index (χ3n) is 6.62. The van der Waals surface area contributed by atoms with E-state index in [0.29, 0.717) is 35.6 Å². The maximum Gasteiger partial charge on any atom is 0.410 e. The van der Waals surface area contributed by atoms with E-state index < -0.39 is 4.92 Å². The number of nitro groups is 1. The summed E-state index contributed by atoms with van der Waals surface area (Å²) in [5.74, 6) is 0.333. The van der Waals surface area contributed by atoms with Gasteiger partial charge in [0.1, 0.15) is 18.5 Å². The molecule has 1 saturated heterocycles. The van der Waals surface area contributed by atoms with Gasteiger partial charge in [0.2, 0.25) is 0 Å². The Balaban J connectivity index is 1.23. The Kier molecular flexibility index (Phi) is 7.32. The Hall–Kier alpha value is -3.98. The molecule has 1 aliphatic heterocycles. The lowest BCUT2D eigenvalue weighted by Gasteiger charge is -2.31. The van der Waals surface area contributed by atoms with E-state index in [1.54, 1.807) is 4.90 Å². The summed E-state index contributed by atoms with van der Waals surface area (Å²) in [5, 5.41) is 15.6. The molecule has 1 amide bonds. The summed E-state index contributed by atoms with van der Waals surface area (Å²) in [6, 6.07) is 23.1. The van der Waals surface area contributed by atoms with E-state index >= 15 is 0 Å². The summed E-state index contributed by atoms with van der Waals surface area (Å²) in [6.45, 7) is 1.56. The van der Waals surface area contributed by atoms with Crippen LogP contribution in [-0.2, 0) is 11.3 Å². The molecule has 0 bridgehead atoms. The normalized spacial score (nSPS) is 13.9. The zero-order valence-corrected chi connectivity index (χ0v) is 21.6. The van der Waals surface area contributed by atoms with Crippen molar-refractivity contribution < 1.29 is 14.5 Å². The molecule has 188 valence electrons. The van der Waals surface area contributed by atoms with Crippen molar-refractivity contribution in [2.24, 2.45) is 0 Å². The predicted octanol–water partition coefficient (Wildman–Crippen LogP) is 7.17. The van der Waals surface area contributed by atoms with Gasteiger partial charge in [-0.15, -0.1) is 0 Å². The van der Waals surface area contributed by atoms with Gasteiger partial charge < -0.3 is 15.0 Å². The molecular formula is C28H25BrN4O4. The number of aromatic nitrogens is 1. The van der Waals surface area contributed by atoms with Crippen LogP contribution in [-0.4, -0.2) is 34.0 Å². The summed E-state index contributed by atoms with van der Waals surface area (Å²) in [7, 11) is 0. The standard InChI is InChI=1S/C28H25BrN4O4/c29-22-8-11-25-24(16-22)27(26(17-30-25)33(35)36)31-23-9-6-20(7-10-23)21-12-14-32(15-13-21)28(34)37-18-19-4-2-1-3-5-19/h1-11,16-17,21H,12-15,18H2,(H,30,31). The molecule has 3 aromatic carbocycles. The number of nitrogens with one attached hydrogen (secondary N) is 1. The third kappa shape index (κ3) is 5.72. The Morgan fingerprint density at radius 1 is 1.08 bits per heavy atom. The molecule has 0 spiro atoms. The lowest BCUT2D eigenvalue weighted by Crippen LogP contribution is -2.38. The van der Waals surface area contributed by atoms with E-state index in [9.17, 15) is 14.9 Å². The van der Waals surface area contributed by atoms with Gasteiger partial charge in [-0.1, -0.05) is 58.4 Å². The maximum atomic E-state index is 12.5. The first kappa shape index (κ1) is 24.7. The fourth-order valence-corrected chi connectivity index (χ4v) is 4.97. The van der Waals surface area contributed by atoms with Gasteiger partial charge >= 0.3 is 11.8 Å². The van der Waals surface area contributed by atoms with E-state index in [0.717, 1.165) is 28.6 Å². The molecule has 4 aromatic rings. The minimum absolute atomic E-state index is 0.0822. The van der Waals surface area contributed by atoms with Crippen molar-refractivity contribution in [1.29, 1.82) is 0 Å². The van der Waals surface area contributed by atoms with E-state index in [4.69, 9.17) is 4.74 Å². The predicted molar refractivity (Wildman–Crippen MR) is 146 cm³/mol. The van der Waals surface area contributed by atoms with Gasteiger partial charge in [0.15, 0.2) is 0 Å². The highest BCUT2D eigenvalue weighted by Gasteiger charge is 2.25. The average molecular weight is 561 g/mol. The fraction of sp³-hybridized carbons (Fsp3) is 0.214. The fourth-order valence-electron chi connectivity index (χ4n) is 4.61. The number of nitrogens with zero attached hydrogens (tertiary/aromatic N) is 3. The monoisotopic (exact) mass is 560 g/mol. The molecule has 1 aromatic heterocycles. The van der Waals surface area contributed by atoms with Crippen LogP contribution < -0.4 is 5.32 Å². The lowest BCUT2D eigenvalue weighted by atomic mass is 9.89. The van der Waals surface area contributed by atoms with Crippen molar-refractivity contribution in [2.75, 3.05) is 18.4 Å². The molecule has 5 rings (SSSR count). The summed E-state index contributed by atoms with van der Waals surface area (Å²) < 4.78 is 6.28. The molecular weight excluding hydrogens is 536 g/mol. The summed E-state index contributed by atoms with van der Waals surface area (Å²) in [5.41, 5.74) is 3.90. The number of fused-ring (bicyclic) bond motifs is 1. The summed E-state index contributed by atoms with van der Waals surface area (Å²) >= 11 is 3.44. The topological polar surface area (TPSA) is 97.6 Å². The van der Waals surface area contributed by atoms with Crippen molar-refractivity contribution in [1.82, 2.24) is 9.88 Å². The van der Waals surface area contributed by atoms with Crippen LogP contribution in [0.2, 0.25) is 0 Å². The molecule has 0 radical (unpaired) electrons. The van der Waals surface area contributed by atoms with Crippen molar-refractivity contribution in [2.45, 2.75) is 25.4 Å². The minimum Gasteiger partial charge on any atom is -0.445 e. The number of anilines is 2. The number of hydrogen-bond acceptors (Lipinski definition) is 6. The van der Waals surface area contributed by atoms with Crippen molar-refractivity contribution >= 4 is 50.0 Å². The number of hydrogen-bond donors (Lipinski definition) is 1. The van der Waals surface area contributed by atoms with Gasteiger partial charge in [0.25, 0.3) is 0 Å².